The zero-order chi connectivity index (χ0) is 16.4. The van der Waals surface area contributed by atoms with Gasteiger partial charge in [-0.25, -0.2) is 0 Å². The summed E-state index contributed by atoms with van der Waals surface area (Å²) in [5, 5.41) is 3.88. The van der Waals surface area contributed by atoms with E-state index in [-0.39, 0.29) is 12.0 Å². The Labute approximate surface area is 138 Å². The van der Waals surface area contributed by atoms with Crippen molar-refractivity contribution in [2.75, 3.05) is 26.2 Å². The zero-order valence-electron chi connectivity index (χ0n) is 14.5. The maximum atomic E-state index is 12.8. The number of rotatable bonds is 3. The molecule has 0 aromatic carbocycles. The van der Waals surface area contributed by atoms with Gasteiger partial charge in [-0.05, 0) is 52.0 Å². The summed E-state index contributed by atoms with van der Waals surface area (Å²) in [6.45, 7) is 9.83. The molecule has 3 heterocycles. The average Bonchev–Trinajstić information content (AvgIpc) is 3.01. The minimum Gasteiger partial charge on any atom is -0.342 e. The number of carbonyl (C=O) groups is 1. The third-order valence-electron chi connectivity index (χ3n) is 5.35. The molecule has 3 rings (SSSR count). The van der Waals surface area contributed by atoms with E-state index in [1.165, 1.54) is 0 Å². The summed E-state index contributed by atoms with van der Waals surface area (Å²) in [7, 11) is 0. The van der Waals surface area contributed by atoms with Crippen LogP contribution >= 0.6 is 0 Å². The first-order valence-electron chi connectivity index (χ1n) is 8.87. The van der Waals surface area contributed by atoms with Crippen LogP contribution in [0.5, 0.6) is 0 Å². The lowest BCUT2D eigenvalue weighted by atomic mass is 9.93. The van der Waals surface area contributed by atoms with E-state index in [1.54, 1.807) is 0 Å². The SMILES string of the molecule is Cc1noc([C@@H](C)N2CCC[C@H](C(=O)N3CCC(C)CC3)C2)n1. The van der Waals surface area contributed by atoms with Gasteiger partial charge in [-0.1, -0.05) is 12.1 Å². The Hall–Kier alpha value is -1.43. The van der Waals surface area contributed by atoms with Crippen molar-refractivity contribution in [3.05, 3.63) is 11.7 Å². The van der Waals surface area contributed by atoms with E-state index in [1.807, 2.05) is 6.92 Å². The van der Waals surface area contributed by atoms with Gasteiger partial charge in [0, 0.05) is 19.6 Å². The second-order valence-corrected chi connectivity index (χ2v) is 7.20. The van der Waals surface area contributed by atoms with E-state index in [9.17, 15) is 4.79 Å². The van der Waals surface area contributed by atoms with E-state index in [2.05, 4.69) is 33.8 Å². The molecule has 0 saturated carbocycles. The fourth-order valence-electron chi connectivity index (χ4n) is 3.69. The van der Waals surface area contributed by atoms with E-state index >= 15 is 0 Å². The number of amides is 1. The molecule has 2 aliphatic rings. The number of nitrogens with zero attached hydrogens (tertiary/aromatic N) is 4. The normalized spacial score (nSPS) is 25.5. The highest BCUT2D eigenvalue weighted by atomic mass is 16.5. The van der Waals surface area contributed by atoms with Crippen LogP contribution in [0.4, 0.5) is 0 Å². The first-order chi connectivity index (χ1) is 11.0. The van der Waals surface area contributed by atoms with Crippen molar-refractivity contribution in [2.45, 2.75) is 52.5 Å². The molecule has 6 heteroatoms. The monoisotopic (exact) mass is 320 g/mol. The van der Waals surface area contributed by atoms with Crippen LogP contribution in [0.1, 0.15) is 57.3 Å². The molecule has 2 saturated heterocycles. The smallest absolute Gasteiger partial charge is 0.243 e. The first-order valence-corrected chi connectivity index (χ1v) is 8.87. The van der Waals surface area contributed by atoms with Crippen molar-refractivity contribution in [2.24, 2.45) is 11.8 Å². The van der Waals surface area contributed by atoms with Gasteiger partial charge in [-0.2, -0.15) is 4.98 Å². The quantitative estimate of drug-likeness (QED) is 0.856. The van der Waals surface area contributed by atoms with Crippen molar-refractivity contribution in [3.63, 3.8) is 0 Å². The van der Waals surface area contributed by atoms with Crippen LogP contribution in [0.2, 0.25) is 0 Å². The zero-order valence-corrected chi connectivity index (χ0v) is 14.5. The standard InChI is InChI=1S/C17H28N4O2/c1-12-6-9-20(10-7-12)17(22)15-5-4-8-21(11-15)13(2)16-18-14(3)19-23-16/h12-13,15H,4-11H2,1-3H3/t13-,15+/m1/s1. The molecule has 128 valence electrons. The number of likely N-dealkylation sites (tertiary alicyclic amines) is 2. The van der Waals surface area contributed by atoms with Gasteiger partial charge in [-0.15, -0.1) is 0 Å². The summed E-state index contributed by atoms with van der Waals surface area (Å²) in [6, 6.07) is 0.0770. The maximum Gasteiger partial charge on any atom is 0.243 e. The lowest BCUT2D eigenvalue weighted by Crippen LogP contribution is -2.47. The van der Waals surface area contributed by atoms with Gasteiger partial charge in [0.2, 0.25) is 11.8 Å². The molecule has 0 aliphatic carbocycles. The molecule has 0 bridgehead atoms. The van der Waals surface area contributed by atoms with Gasteiger partial charge in [0.1, 0.15) is 0 Å². The first kappa shape index (κ1) is 16.4. The Morgan fingerprint density at radius 2 is 2.00 bits per heavy atom. The van der Waals surface area contributed by atoms with Crippen molar-refractivity contribution in [1.82, 2.24) is 19.9 Å². The highest BCUT2D eigenvalue weighted by Crippen LogP contribution is 2.28. The van der Waals surface area contributed by atoms with Crippen LogP contribution in [-0.4, -0.2) is 52.0 Å². The second kappa shape index (κ2) is 6.99. The van der Waals surface area contributed by atoms with E-state index in [0.29, 0.717) is 17.6 Å². The Balaban J connectivity index is 1.60. The molecule has 0 spiro atoms. The summed E-state index contributed by atoms with van der Waals surface area (Å²) < 4.78 is 5.31. The lowest BCUT2D eigenvalue weighted by molar-refractivity contribution is -0.139. The Morgan fingerprint density at radius 3 is 2.65 bits per heavy atom. The van der Waals surface area contributed by atoms with Gasteiger partial charge in [0.05, 0.1) is 12.0 Å². The second-order valence-electron chi connectivity index (χ2n) is 7.20. The van der Waals surface area contributed by atoms with Crippen molar-refractivity contribution in [3.8, 4) is 0 Å². The van der Waals surface area contributed by atoms with E-state index < -0.39 is 0 Å². The summed E-state index contributed by atoms with van der Waals surface area (Å²) in [4.78, 5) is 21.5. The molecule has 2 fully saturated rings. The van der Waals surface area contributed by atoms with Crippen molar-refractivity contribution in [1.29, 1.82) is 0 Å². The fraction of sp³-hybridized carbons (Fsp3) is 0.824. The van der Waals surface area contributed by atoms with Gasteiger partial charge in [0.25, 0.3) is 0 Å². The Morgan fingerprint density at radius 1 is 1.26 bits per heavy atom. The van der Waals surface area contributed by atoms with Gasteiger partial charge in [-0.3, -0.25) is 9.69 Å². The third kappa shape index (κ3) is 3.74. The number of aryl methyl sites for hydroxylation is 1. The van der Waals surface area contributed by atoms with Gasteiger partial charge in [0.15, 0.2) is 5.82 Å². The predicted octanol–water partition coefficient (Wildman–Crippen LogP) is 2.41. The number of hydrogen-bond donors (Lipinski definition) is 0. The summed E-state index contributed by atoms with van der Waals surface area (Å²) in [6.07, 6.45) is 4.33. The molecular formula is C17H28N4O2. The minimum absolute atomic E-state index is 0.0770. The lowest BCUT2D eigenvalue weighted by Gasteiger charge is -2.38. The molecule has 1 amide bonds. The van der Waals surface area contributed by atoms with Crippen LogP contribution in [-0.2, 0) is 4.79 Å². The van der Waals surface area contributed by atoms with Crippen LogP contribution < -0.4 is 0 Å². The highest BCUT2D eigenvalue weighted by molar-refractivity contribution is 5.79. The average molecular weight is 320 g/mol. The molecular weight excluding hydrogens is 292 g/mol. The van der Waals surface area contributed by atoms with Gasteiger partial charge >= 0.3 is 0 Å². The highest BCUT2D eigenvalue weighted by Gasteiger charge is 2.33. The van der Waals surface area contributed by atoms with Crippen molar-refractivity contribution >= 4 is 5.91 Å². The van der Waals surface area contributed by atoms with E-state index in [0.717, 1.165) is 57.8 Å². The maximum absolute atomic E-state index is 12.8. The molecule has 1 aromatic heterocycles. The Kier molecular flexibility index (Phi) is 4.99. The topological polar surface area (TPSA) is 62.5 Å². The number of piperidine rings is 2. The molecule has 0 unspecified atom stereocenters. The number of aromatic nitrogens is 2. The van der Waals surface area contributed by atoms with Gasteiger partial charge < -0.3 is 9.42 Å². The molecule has 23 heavy (non-hydrogen) atoms. The van der Waals surface area contributed by atoms with E-state index in [4.69, 9.17) is 4.52 Å². The molecule has 6 nitrogen and oxygen atoms in total. The molecule has 2 aliphatic heterocycles. The van der Waals surface area contributed by atoms with Crippen LogP contribution in [0, 0.1) is 18.8 Å². The van der Waals surface area contributed by atoms with Crippen LogP contribution in [0.15, 0.2) is 4.52 Å². The molecule has 2 atom stereocenters. The van der Waals surface area contributed by atoms with Crippen molar-refractivity contribution < 1.29 is 9.32 Å². The fourth-order valence-corrected chi connectivity index (χ4v) is 3.69. The molecule has 0 radical (unpaired) electrons. The minimum atomic E-state index is 0.0770. The third-order valence-corrected chi connectivity index (χ3v) is 5.35. The summed E-state index contributed by atoms with van der Waals surface area (Å²) in [5.74, 6) is 2.53. The summed E-state index contributed by atoms with van der Waals surface area (Å²) >= 11 is 0. The summed E-state index contributed by atoms with van der Waals surface area (Å²) in [5.41, 5.74) is 0. The Bertz CT molecular complexity index is 536. The molecule has 0 N–H and O–H groups in total. The predicted molar refractivity (Wildman–Crippen MR) is 86.7 cm³/mol. The number of hydrogen-bond acceptors (Lipinski definition) is 5. The molecule has 1 aromatic rings. The number of carbonyl (C=O) groups excluding carboxylic acids is 1. The van der Waals surface area contributed by atoms with Crippen LogP contribution in [0.3, 0.4) is 0 Å². The largest absolute Gasteiger partial charge is 0.342 e. The van der Waals surface area contributed by atoms with Crippen LogP contribution in [0.25, 0.3) is 0 Å².